The summed E-state index contributed by atoms with van der Waals surface area (Å²) < 4.78 is 2.66. The molecule has 0 fully saturated rings. The van der Waals surface area contributed by atoms with Crippen LogP contribution < -0.4 is 4.90 Å². The molecule has 9 aromatic carbocycles. The van der Waals surface area contributed by atoms with Crippen molar-refractivity contribution >= 4 is 48.6 Å². The third-order valence-electron chi connectivity index (χ3n) is 13.9. The minimum absolute atomic E-state index is 0.0106. The molecule has 0 bridgehead atoms. The lowest BCUT2D eigenvalue weighted by Gasteiger charge is -2.29. The van der Waals surface area contributed by atoms with Gasteiger partial charge in [-0.05, 0) is 133 Å². The van der Waals surface area contributed by atoms with Gasteiger partial charge in [0, 0.05) is 47.9 Å². The molecule has 2 heteroatoms. The number of thiophene rings is 1. The summed E-state index contributed by atoms with van der Waals surface area (Å²) in [4.78, 5) is 2.48. The number of hydrogen-bond acceptors (Lipinski definition) is 2. The maximum Gasteiger partial charge on any atom is 0.0543 e. The Morgan fingerprint density at radius 2 is 0.887 bits per heavy atom. The van der Waals surface area contributed by atoms with Crippen molar-refractivity contribution in [3.05, 3.63) is 222 Å². The van der Waals surface area contributed by atoms with Crippen LogP contribution in [0.25, 0.3) is 75.8 Å². The summed E-state index contributed by atoms with van der Waals surface area (Å²) in [5.41, 5.74) is 21.4. The van der Waals surface area contributed by atoms with E-state index in [4.69, 9.17) is 0 Å². The fourth-order valence-corrected chi connectivity index (χ4v) is 11.7. The summed E-state index contributed by atoms with van der Waals surface area (Å²) in [5.74, 6) is 0. The van der Waals surface area contributed by atoms with Crippen LogP contribution in [0.5, 0.6) is 0 Å². The van der Waals surface area contributed by atoms with Crippen LogP contribution in [-0.2, 0) is 10.8 Å². The van der Waals surface area contributed by atoms with E-state index in [0.29, 0.717) is 0 Å². The second-order valence-corrected chi connectivity index (χ2v) is 19.2. The molecule has 0 amide bonds. The van der Waals surface area contributed by atoms with Gasteiger partial charge in [0.2, 0.25) is 0 Å². The van der Waals surface area contributed by atoms with E-state index in [1.54, 1.807) is 0 Å². The van der Waals surface area contributed by atoms with E-state index in [9.17, 15) is 0 Å². The standard InChI is InChI=1S/C60H45NS/c1-59(2)51-21-8-5-18-46(51)49-36-43(28-32-53(49)59)40-15-11-14-39(34-40)41-16-12-17-45(35-41)61(55-24-13-23-54-58(55)48-20-6-9-22-52(48)60(54,3)4)44-30-26-38(27-31-44)42-29-33-57-50(37-42)47-19-7-10-25-56(47)62-57/h5-37H,1-4H3. The number of nitrogens with zero attached hydrogens (tertiary/aromatic N) is 1. The summed E-state index contributed by atoms with van der Waals surface area (Å²) in [7, 11) is 0. The van der Waals surface area contributed by atoms with Gasteiger partial charge in [-0.2, -0.15) is 0 Å². The van der Waals surface area contributed by atoms with E-state index in [2.05, 4.69) is 233 Å². The van der Waals surface area contributed by atoms with E-state index < -0.39 is 0 Å². The van der Waals surface area contributed by atoms with Crippen LogP contribution in [-0.4, -0.2) is 0 Å². The first kappa shape index (κ1) is 36.8. The van der Waals surface area contributed by atoms with Crippen molar-refractivity contribution in [3.8, 4) is 55.6 Å². The molecule has 1 aromatic heterocycles. The fourth-order valence-electron chi connectivity index (χ4n) is 10.7. The van der Waals surface area contributed by atoms with Gasteiger partial charge in [0.25, 0.3) is 0 Å². The molecule has 296 valence electrons. The summed E-state index contributed by atoms with van der Waals surface area (Å²) in [6.07, 6.45) is 0. The Kier molecular flexibility index (Phi) is 8.17. The first-order valence-corrected chi connectivity index (χ1v) is 22.6. The van der Waals surface area contributed by atoms with Crippen molar-refractivity contribution in [1.29, 1.82) is 0 Å². The third-order valence-corrected chi connectivity index (χ3v) is 15.0. The van der Waals surface area contributed by atoms with Crippen LogP contribution in [0, 0.1) is 0 Å². The molecule has 0 saturated carbocycles. The zero-order valence-corrected chi connectivity index (χ0v) is 36.2. The normalized spacial score (nSPS) is 14.1. The molecule has 0 atom stereocenters. The largest absolute Gasteiger partial charge is 0.310 e. The van der Waals surface area contributed by atoms with Gasteiger partial charge in [0.1, 0.15) is 0 Å². The molecule has 0 N–H and O–H groups in total. The third kappa shape index (κ3) is 5.60. The number of hydrogen-bond donors (Lipinski definition) is 0. The molecular formula is C60H45NS. The second kappa shape index (κ2) is 13.8. The molecular weight excluding hydrogens is 767 g/mol. The summed E-state index contributed by atoms with van der Waals surface area (Å²) in [6.45, 7) is 9.42. The van der Waals surface area contributed by atoms with Crippen molar-refractivity contribution in [2.45, 2.75) is 38.5 Å². The smallest absolute Gasteiger partial charge is 0.0543 e. The minimum atomic E-state index is -0.111. The van der Waals surface area contributed by atoms with Crippen molar-refractivity contribution in [3.63, 3.8) is 0 Å². The Labute approximate surface area is 368 Å². The van der Waals surface area contributed by atoms with E-state index >= 15 is 0 Å². The predicted molar refractivity (Wildman–Crippen MR) is 265 cm³/mol. The van der Waals surface area contributed by atoms with Gasteiger partial charge < -0.3 is 4.90 Å². The maximum atomic E-state index is 2.48. The summed E-state index contributed by atoms with van der Waals surface area (Å²) >= 11 is 1.87. The Bertz CT molecular complexity index is 3420. The van der Waals surface area contributed by atoms with Crippen molar-refractivity contribution in [2.24, 2.45) is 0 Å². The van der Waals surface area contributed by atoms with Gasteiger partial charge in [0.15, 0.2) is 0 Å². The highest BCUT2D eigenvalue weighted by molar-refractivity contribution is 7.25. The monoisotopic (exact) mass is 811 g/mol. The average Bonchev–Trinajstić information content (AvgIpc) is 3.89. The van der Waals surface area contributed by atoms with Crippen LogP contribution in [0.4, 0.5) is 17.1 Å². The molecule has 1 nitrogen and oxygen atoms in total. The van der Waals surface area contributed by atoms with Gasteiger partial charge in [0.05, 0.1) is 5.69 Å². The lowest BCUT2D eigenvalue weighted by Crippen LogP contribution is -2.16. The van der Waals surface area contributed by atoms with Crippen molar-refractivity contribution in [1.82, 2.24) is 0 Å². The Morgan fingerprint density at radius 3 is 1.69 bits per heavy atom. The molecule has 12 rings (SSSR count). The zero-order valence-electron chi connectivity index (χ0n) is 35.4. The molecule has 0 aliphatic heterocycles. The Hall–Kier alpha value is -7.00. The molecule has 10 aromatic rings. The maximum absolute atomic E-state index is 2.48. The number of fused-ring (bicyclic) bond motifs is 9. The molecule has 1 heterocycles. The van der Waals surface area contributed by atoms with Gasteiger partial charge in [-0.15, -0.1) is 11.3 Å². The summed E-state index contributed by atoms with van der Waals surface area (Å²) in [6, 6.07) is 74.8. The van der Waals surface area contributed by atoms with Gasteiger partial charge in [-0.3, -0.25) is 0 Å². The lowest BCUT2D eigenvalue weighted by atomic mass is 9.82. The van der Waals surface area contributed by atoms with Crippen LogP contribution in [0.2, 0.25) is 0 Å². The Morgan fingerprint density at radius 1 is 0.339 bits per heavy atom. The molecule has 0 radical (unpaired) electrons. The highest BCUT2D eigenvalue weighted by atomic mass is 32.1. The first-order chi connectivity index (χ1) is 30.2. The fraction of sp³-hybridized carbons (Fsp3) is 0.100. The number of anilines is 3. The SMILES string of the molecule is CC1(C)c2ccccc2-c2cc(-c3cccc(-c4cccc(N(c5ccc(-c6ccc7sc8ccccc8c7c6)cc5)c5cccc6c5-c5ccccc5C6(C)C)c4)c3)ccc21. The molecule has 2 aliphatic carbocycles. The molecule has 62 heavy (non-hydrogen) atoms. The highest BCUT2D eigenvalue weighted by Crippen LogP contribution is 2.55. The topological polar surface area (TPSA) is 3.24 Å². The molecule has 0 unspecified atom stereocenters. The van der Waals surface area contributed by atoms with Crippen LogP contribution in [0.1, 0.15) is 49.9 Å². The number of benzene rings is 9. The number of rotatable bonds is 6. The molecule has 0 spiro atoms. The average molecular weight is 812 g/mol. The van der Waals surface area contributed by atoms with E-state index in [1.165, 1.54) is 104 Å². The highest BCUT2D eigenvalue weighted by Gasteiger charge is 2.38. The zero-order chi connectivity index (χ0) is 41.7. The van der Waals surface area contributed by atoms with Gasteiger partial charge in [-0.1, -0.05) is 167 Å². The van der Waals surface area contributed by atoms with E-state index in [1.807, 2.05) is 11.3 Å². The van der Waals surface area contributed by atoms with Gasteiger partial charge in [-0.25, -0.2) is 0 Å². The molecule has 0 saturated heterocycles. The van der Waals surface area contributed by atoms with E-state index in [0.717, 1.165) is 11.4 Å². The summed E-state index contributed by atoms with van der Waals surface area (Å²) in [5, 5.41) is 2.65. The Balaban J connectivity index is 0.972. The second-order valence-electron chi connectivity index (χ2n) is 18.1. The lowest BCUT2D eigenvalue weighted by molar-refractivity contribution is 0.660. The quantitative estimate of drug-likeness (QED) is 0.162. The van der Waals surface area contributed by atoms with Crippen LogP contribution in [0.15, 0.2) is 200 Å². The van der Waals surface area contributed by atoms with Crippen molar-refractivity contribution in [2.75, 3.05) is 4.90 Å². The van der Waals surface area contributed by atoms with Crippen LogP contribution in [0.3, 0.4) is 0 Å². The first-order valence-electron chi connectivity index (χ1n) is 21.7. The van der Waals surface area contributed by atoms with Crippen molar-refractivity contribution < 1.29 is 0 Å². The van der Waals surface area contributed by atoms with Gasteiger partial charge >= 0.3 is 0 Å². The van der Waals surface area contributed by atoms with E-state index in [-0.39, 0.29) is 10.8 Å². The minimum Gasteiger partial charge on any atom is -0.310 e. The molecule has 2 aliphatic rings. The predicted octanol–water partition coefficient (Wildman–Crippen LogP) is 17.1. The van der Waals surface area contributed by atoms with Crippen LogP contribution >= 0.6 is 11.3 Å².